The van der Waals surface area contributed by atoms with Crippen LogP contribution in [0.2, 0.25) is 0 Å². The van der Waals surface area contributed by atoms with Gasteiger partial charge in [-0.05, 0) is 58.7 Å². The van der Waals surface area contributed by atoms with Crippen LogP contribution in [-0.4, -0.2) is 45.6 Å². The lowest BCUT2D eigenvalue weighted by molar-refractivity contribution is -0.462. The highest BCUT2D eigenvalue weighted by molar-refractivity contribution is 6.03. The molecule has 0 aliphatic heterocycles. The van der Waals surface area contributed by atoms with Crippen molar-refractivity contribution in [3.8, 4) is 5.75 Å². The fourth-order valence-corrected chi connectivity index (χ4v) is 3.11. The van der Waals surface area contributed by atoms with Crippen molar-refractivity contribution in [3.63, 3.8) is 0 Å². The first-order valence-corrected chi connectivity index (χ1v) is 9.06. The Kier molecular flexibility index (Phi) is 5.60. The lowest BCUT2D eigenvalue weighted by Gasteiger charge is -2.16. The van der Waals surface area contributed by atoms with E-state index in [0.29, 0.717) is 0 Å². The second kappa shape index (κ2) is 8.09. The fourth-order valence-electron chi connectivity index (χ4n) is 3.11. The van der Waals surface area contributed by atoms with E-state index in [2.05, 4.69) is 98.4 Å². The van der Waals surface area contributed by atoms with Gasteiger partial charge < -0.3 is 9.64 Å². The maximum atomic E-state index is 5.32. The molecule has 0 radical (unpaired) electrons. The molecule has 0 heterocycles. The van der Waals surface area contributed by atoms with E-state index in [1.54, 1.807) is 7.11 Å². The molecule has 0 unspecified atom stereocenters. The molecule has 3 rings (SSSR count). The van der Waals surface area contributed by atoms with Crippen molar-refractivity contribution in [2.45, 2.75) is 0 Å². The molecule has 0 atom stereocenters. The molecule has 3 heteroatoms. The Bertz CT molecular complexity index is 905. The summed E-state index contributed by atoms with van der Waals surface area (Å²) in [6, 6.07) is 17.0. The number of ether oxygens (including phenoxy) is 1. The molecule has 0 saturated carbocycles. The number of hydrogen-bond acceptors (Lipinski definition) is 2. The third-order valence-corrected chi connectivity index (χ3v) is 4.72. The first kappa shape index (κ1) is 18.7. The van der Waals surface area contributed by atoms with Gasteiger partial charge in [0, 0.05) is 31.9 Å². The van der Waals surface area contributed by atoms with Crippen LogP contribution in [0.5, 0.6) is 5.75 Å². The van der Waals surface area contributed by atoms with Gasteiger partial charge in [-0.25, -0.2) is 4.58 Å². The smallest absolute Gasteiger partial charge is 0.199 e. The summed E-state index contributed by atoms with van der Waals surface area (Å²) in [5.74, 6) is 0.865. The quantitative estimate of drug-likeness (QED) is 0.752. The van der Waals surface area contributed by atoms with Crippen LogP contribution < -0.4 is 9.64 Å². The highest BCUT2D eigenvalue weighted by atomic mass is 16.5. The zero-order valence-electron chi connectivity index (χ0n) is 16.7. The first-order chi connectivity index (χ1) is 13.0. The van der Waals surface area contributed by atoms with Gasteiger partial charge in [-0.3, -0.25) is 0 Å². The van der Waals surface area contributed by atoms with Gasteiger partial charge in [0.05, 0.1) is 7.11 Å². The Morgan fingerprint density at radius 1 is 0.778 bits per heavy atom. The number of methoxy groups -OCH3 is 1. The van der Waals surface area contributed by atoms with Gasteiger partial charge in [-0.1, -0.05) is 24.3 Å². The Morgan fingerprint density at radius 3 is 1.74 bits per heavy atom. The third-order valence-electron chi connectivity index (χ3n) is 4.72. The molecule has 1 aliphatic carbocycles. The minimum atomic E-state index is 0.865. The van der Waals surface area contributed by atoms with E-state index in [4.69, 9.17) is 4.74 Å². The average Bonchev–Trinajstić information content (AvgIpc) is 2.69. The molecule has 0 fully saturated rings. The molecule has 0 spiro atoms. The summed E-state index contributed by atoms with van der Waals surface area (Å²) in [5, 5.41) is 0. The van der Waals surface area contributed by atoms with E-state index in [9.17, 15) is 0 Å². The number of rotatable bonds is 4. The molecule has 0 aromatic heterocycles. The van der Waals surface area contributed by atoms with Gasteiger partial charge in [0.2, 0.25) is 0 Å². The van der Waals surface area contributed by atoms with E-state index in [-0.39, 0.29) is 0 Å². The Morgan fingerprint density at radius 2 is 1.30 bits per heavy atom. The van der Waals surface area contributed by atoms with Crippen molar-refractivity contribution in [1.29, 1.82) is 0 Å². The lowest BCUT2D eigenvalue weighted by Crippen LogP contribution is -2.10. The molecule has 3 nitrogen and oxygen atoms in total. The van der Waals surface area contributed by atoms with Crippen LogP contribution in [-0.2, 0) is 0 Å². The number of nitrogens with zero attached hydrogens (tertiary/aromatic N) is 2. The minimum Gasteiger partial charge on any atom is -0.497 e. The molecule has 0 amide bonds. The van der Waals surface area contributed by atoms with Crippen LogP contribution in [0.4, 0.5) is 5.69 Å². The standard InChI is InChI=1S/C24H27N2O/c1-25(2)21-12-6-18(7-13-21)24(20-10-16-23(27-5)17-11-20)19-8-14-22(15-9-19)26(3)4/h6-17H,1-5H3/q+1. The highest BCUT2D eigenvalue weighted by Gasteiger charge is 2.13. The summed E-state index contributed by atoms with van der Waals surface area (Å²) in [6.07, 6.45) is 8.70. The Hall–Kier alpha value is -3.07. The zero-order chi connectivity index (χ0) is 19.4. The van der Waals surface area contributed by atoms with Crippen molar-refractivity contribution < 1.29 is 9.31 Å². The van der Waals surface area contributed by atoms with Gasteiger partial charge in [-0.2, -0.15) is 0 Å². The molecule has 27 heavy (non-hydrogen) atoms. The van der Waals surface area contributed by atoms with E-state index >= 15 is 0 Å². The fraction of sp³-hybridized carbons (Fsp3) is 0.208. The largest absolute Gasteiger partial charge is 0.497 e. The molecule has 2 aromatic carbocycles. The Balaban J connectivity index is 2.12. The zero-order valence-corrected chi connectivity index (χ0v) is 16.7. The molecule has 2 aromatic rings. The first-order valence-electron chi connectivity index (χ1n) is 9.06. The maximum absolute atomic E-state index is 5.32. The predicted octanol–water partition coefficient (Wildman–Crippen LogP) is 4.40. The topological polar surface area (TPSA) is 15.5 Å². The number of anilines is 1. The molecular weight excluding hydrogens is 332 g/mol. The molecular formula is C24H27N2O+. The van der Waals surface area contributed by atoms with E-state index in [1.165, 1.54) is 33.7 Å². The molecule has 138 valence electrons. The van der Waals surface area contributed by atoms with Crippen LogP contribution in [0.3, 0.4) is 0 Å². The van der Waals surface area contributed by atoms with Crippen LogP contribution >= 0.6 is 0 Å². The molecule has 0 saturated heterocycles. The lowest BCUT2D eigenvalue weighted by atomic mass is 9.90. The summed E-state index contributed by atoms with van der Waals surface area (Å²) in [4.78, 5) is 2.11. The highest BCUT2D eigenvalue weighted by Crippen LogP contribution is 2.31. The van der Waals surface area contributed by atoms with Gasteiger partial charge >= 0.3 is 0 Å². The van der Waals surface area contributed by atoms with Crippen LogP contribution in [0, 0.1) is 0 Å². The average molecular weight is 359 g/mol. The van der Waals surface area contributed by atoms with Crippen LogP contribution in [0.25, 0.3) is 5.57 Å². The number of allylic oxidation sites excluding steroid dienone is 5. The van der Waals surface area contributed by atoms with Gasteiger partial charge in [-0.15, -0.1) is 0 Å². The van der Waals surface area contributed by atoms with Crippen LogP contribution in [0.15, 0.2) is 78.4 Å². The van der Waals surface area contributed by atoms with Crippen molar-refractivity contribution in [1.82, 2.24) is 0 Å². The summed E-state index contributed by atoms with van der Waals surface area (Å²) in [5.41, 5.74) is 7.16. The van der Waals surface area contributed by atoms with Crippen molar-refractivity contribution >= 4 is 17.0 Å². The van der Waals surface area contributed by atoms with E-state index in [1.807, 2.05) is 12.1 Å². The monoisotopic (exact) mass is 359 g/mol. The minimum absolute atomic E-state index is 0.865. The van der Waals surface area contributed by atoms with Crippen molar-refractivity contribution in [2.24, 2.45) is 0 Å². The van der Waals surface area contributed by atoms with Crippen molar-refractivity contribution in [3.05, 3.63) is 89.5 Å². The summed E-state index contributed by atoms with van der Waals surface area (Å²) < 4.78 is 7.44. The molecule has 0 N–H and O–H groups in total. The summed E-state index contributed by atoms with van der Waals surface area (Å²) in [6.45, 7) is 0. The van der Waals surface area contributed by atoms with Gasteiger partial charge in [0.1, 0.15) is 19.8 Å². The van der Waals surface area contributed by atoms with E-state index in [0.717, 1.165) is 5.75 Å². The van der Waals surface area contributed by atoms with Crippen LogP contribution in [0.1, 0.15) is 11.1 Å². The molecule has 1 aliphatic rings. The third kappa shape index (κ3) is 4.20. The van der Waals surface area contributed by atoms with Gasteiger partial charge in [0.25, 0.3) is 0 Å². The SMILES string of the molecule is COc1ccc(C(=C2C=CC(=[N+](C)C)C=C2)c2ccc(N(C)C)cc2)cc1. The second-order valence-corrected chi connectivity index (χ2v) is 6.99. The molecule has 0 bridgehead atoms. The maximum Gasteiger partial charge on any atom is 0.199 e. The normalized spacial score (nSPS) is 12.9. The second-order valence-electron chi connectivity index (χ2n) is 6.99. The predicted molar refractivity (Wildman–Crippen MR) is 115 cm³/mol. The van der Waals surface area contributed by atoms with E-state index < -0.39 is 0 Å². The Labute approximate surface area is 162 Å². The van der Waals surface area contributed by atoms with Gasteiger partial charge in [0.15, 0.2) is 5.71 Å². The number of hydrogen-bond donors (Lipinski definition) is 0. The summed E-state index contributed by atoms with van der Waals surface area (Å²) in [7, 11) is 9.93. The number of benzene rings is 2. The van der Waals surface area contributed by atoms with Crippen molar-refractivity contribution in [2.75, 3.05) is 40.2 Å². The summed E-state index contributed by atoms with van der Waals surface area (Å²) >= 11 is 0.